The molecule has 102 valence electrons. The molecule has 1 N–H and O–H groups in total. The van der Waals surface area contributed by atoms with Crippen molar-refractivity contribution in [1.82, 2.24) is 20.1 Å². The number of hydrogen-bond donors (Lipinski definition) is 1. The average molecular weight is 264 g/mol. The Hall–Kier alpha value is -1.53. The summed E-state index contributed by atoms with van der Waals surface area (Å²) in [7, 11) is 0. The van der Waals surface area contributed by atoms with Crippen molar-refractivity contribution >= 4 is 5.91 Å². The second-order valence-corrected chi connectivity index (χ2v) is 5.03. The summed E-state index contributed by atoms with van der Waals surface area (Å²) < 4.78 is 13.1. The van der Waals surface area contributed by atoms with Crippen LogP contribution in [0.1, 0.15) is 10.4 Å². The number of hydrogen-bond acceptors (Lipinski definition) is 4. The van der Waals surface area contributed by atoms with Crippen LogP contribution in [0.2, 0.25) is 0 Å². The summed E-state index contributed by atoms with van der Waals surface area (Å²) in [5.41, 5.74) is 0.332. The maximum atomic E-state index is 13.1. The highest BCUT2D eigenvalue weighted by molar-refractivity contribution is 5.94. The van der Waals surface area contributed by atoms with Gasteiger partial charge in [-0.1, -0.05) is 0 Å². The summed E-state index contributed by atoms with van der Waals surface area (Å²) in [4.78, 5) is 20.1. The van der Waals surface area contributed by atoms with Crippen LogP contribution in [0.5, 0.6) is 0 Å². The van der Waals surface area contributed by atoms with Gasteiger partial charge in [0.15, 0.2) is 0 Å². The molecule has 0 aromatic carbocycles. The third-order valence-electron chi connectivity index (χ3n) is 3.83. The quantitative estimate of drug-likeness (QED) is 0.813. The lowest BCUT2D eigenvalue weighted by molar-refractivity contribution is 0.0501. The summed E-state index contributed by atoms with van der Waals surface area (Å²) in [6.45, 7) is 5.27. The highest BCUT2D eigenvalue weighted by atomic mass is 19.1. The molecule has 0 radical (unpaired) electrons. The van der Waals surface area contributed by atoms with Crippen LogP contribution < -0.4 is 5.32 Å². The maximum absolute atomic E-state index is 13.1. The highest BCUT2D eigenvalue weighted by Crippen LogP contribution is 2.12. The Morgan fingerprint density at radius 1 is 1.26 bits per heavy atom. The molecule has 2 fully saturated rings. The number of aromatic nitrogens is 1. The molecular weight excluding hydrogens is 247 g/mol. The van der Waals surface area contributed by atoms with Crippen molar-refractivity contribution in [1.29, 1.82) is 0 Å². The fraction of sp³-hybridized carbons (Fsp3) is 0.538. The summed E-state index contributed by atoms with van der Waals surface area (Å²) in [5, 5.41) is 3.25. The van der Waals surface area contributed by atoms with E-state index in [0.717, 1.165) is 32.4 Å². The number of rotatable bonds is 2. The second-order valence-electron chi connectivity index (χ2n) is 5.03. The molecule has 6 heteroatoms. The van der Waals surface area contributed by atoms with Gasteiger partial charge in [0.25, 0.3) is 5.91 Å². The van der Waals surface area contributed by atoms with E-state index in [0.29, 0.717) is 24.7 Å². The van der Waals surface area contributed by atoms with E-state index in [1.165, 1.54) is 12.3 Å². The summed E-state index contributed by atoms with van der Waals surface area (Å²) >= 11 is 0. The molecular formula is C13H17FN4O. The van der Waals surface area contributed by atoms with Crippen molar-refractivity contribution in [2.75, 3.05) is 39.3 Å². The first-order valence-corrected chi connectivity index (χ1v) is 6.58. The van der Waals surface area contributed by atoms with Crippen molar-refractivity contribution in [3.8, 4) is 0 Å². The molecule has 2 saturated heterocycles. The van der Waals surface area contributed by atoms with Gasteiger partial charge < -0.3 is 10.2 Å². The van der Waals surface area contributed by atoms with Crippen molar-refractivity contribution < 1.29 is 9.18 Å². The van der Waals surface area contributed by atoms with Crippen molar-refractivity contribution in [3.05, 3.63) is 29.8 Å². The molecule has 2 aliphatic rings. The summed E-state index contributed by atoms with van der Waals surface area (Å²) in [5.74, 6) is -0.594. The van der Waals surface area contributed by atoms with Crippen LogP contribution in [0.3, 0.4) is 0 Å². The molecule has 0 aliphatic carbocycles. The van der Waals surface area contributed by atoms with Crippen LogP contribution in [-0.4, -0.2) is 66.0 Å². The first-order valence-electron chi connectivity index (χ1n) is 6.58. The van der Waals surface area contributed by atoms with E-state index in [9.17, 15) is 9.18 Å². The number of piperazine rings is 1. The van der Waals surface area contributed by atoms with Gasteiger partial charge in [-0.3, -0.25) is 14.7 Å². The molecule has 0 atom stereocenters. The van der Waals surface area contributed by atoms with E-state index < -0.39 is 5.82 Å². The van der Waals surface area contributed by atoms with E-state index in [2.05, 4.69) is 15.2 Å². The molecule has 1 aromatic rings. The summed E-state index contributed by atoms with van der Waals surface area (Å²) in [6, 6.07) is 1.87. The molecule has 3 rings (SSSR count). The van der Waals surface area contributed by atoms with Crippen molar-refractivity contribution in [3.63, 3.8) is 0 Å². The van der Waals surface area contributed by atoms with Gasteiger partial charge in [-0.25, -0.2) is 4.39 Å². The zero-order chi connectivity index (χ0) is 13.2. The van der Waals surface area contributed by atoms with E-state index in [-0.39, 0.29) is 5.91 Å². The summed E-state index contributed by atoms with van der Waals surface area (Å²) in [6.07, 6.45) is 2.53. The third kappa shape index (κ3) is 2.59. The standard InChI is InChI=1S/C13H17FN4O/c14-11-5-10(6-15-7-11)13(19)18-3-1-17(2-4-18)12-8-16-9-12/h5-7,12,16H,1-4,8-9H2. The smallest absolute Gasteiger partial charge is 0.255 e. The first-order chi connectivity index (χ1) is 9.24. The van der Waals surface area contributed by atoms with Crippen LogP contribution in [0.4, 0.5) is 4.39 Å². The number of pyridine rings is 1. The number of halogens is 1. The Balaban J connectivity index is 1.60. The van der Waals surface area contributed by atoms with Crippen LogP contribution >= 0.6 is 0 Å². The lowest BCUT2D eigenvalue weighted by Crippen LogP contribution is -2.62. The molecule has 0 saturated carbocycles. The fourth-order valence-electron chi connectivity index (χ4n) is 2.53. The van der Waals surface area contributed by atoms with E-state index in [4.69, 9.17) is 0 Å². The Labute approximate surface area is 111 Å². The maximum Gasteiger partial charge on any atom is 0.255 e. The molecule has 3 heterocycles. The Morgan fingerprint density at radius 3 is 2.58 bits per heavy atom. The van der Waals surface area contributed by atoms with E-state index in [1.807, 2.05) is 0 Å². The predicted molar refractivity (Wildman–Crippen MR) is 68.3 cm³/mol. The predicted octanol–water partition coefficient (Wildman–Crippen LogP) is -0.0497. The minimum absolute atomic E-state index is 0.126. The van der Waals surface area contributed by atoms with Gasteiger partial charge in [-0.2, -0.15) is 0 Å². The van der Waals surface area contributed by atoms with Gasteiger partial charge in [0.1, 0.15) is 5.82 Å². The molecule has 0 unspecified atom stereocenters. The Kier molecular flexibility index (Phi) is 3.44. The van der Waals surface area contributed by atoms with Crippen LogP contribution in [0.25, 0.3) is 0 Å². The van der Waals surface area contributed by atoms with Gasteiger partial charge in [-0.15, -0.1) is 0 Å². The SMILES string of the molecule is O=C(c1cncc(F)c1)N1CCN(C2CNC2)CC1. The van der Waals surface area contributed by atoms with E-state index in [1.54, 1.807) is 4.90 Å². The van der Waals surface area contributed by atoms with E-state index >= 15 is 0 Å². The number of carbonyl (C=O) groups is 1. The monoisotopic (exact) mass is 264 g/mol. The molecule has 2 aliphatic heterocycles. The lowest BCUT2D eigenvalue weighted by atomic mass is 10.1. The Bertz CT molecular complexity index is 469. The zero-order valence-corrected chi connectivity index (χ0v) is 10.7. The molecule has 19 heavy (non-hydrogen) atoms. The molecule has 1 amide bonds. The molecule has 5 nitrogen and oxygen atoms in total. The van der Waals surface area contributed by atoms with Crippen LogP contribution in [0.15, 0.2) is 18.5 Å². The topological polar surface area (TPSA) is 48.5 Å². The van der Waals surface area contributed by atoms with Crippen LogP contribution in [-0.2, 0) is 0 Å². The largest absolute Gasteiger partial charge is 0.336 e. The zero-order valence-electron chi connectivity index (χ0n) is 10.7. The van der Waals surface area contributed by atoms with Crippen LogP contribution in [0, 0.1) is 5.82 Å². The van der Waals surface area contributed by atoms with Gasteiger partial charge in [0.2, 0.25) is 0 Å². The van der Waals surface area contributed by atoms with Gasteiger partial charge in [0, 0.05) is 51.5 Å². The fourth-order valence-corrected chi connectivity index (χ4v) is 2.53. The van der Waals surface area contributed by atoms with Crippen molar-refractivity contribution in [2.24, 2.45) is 0 Å². The first kappa shape index (κ1) is 12.5. The number of nitrogens with zero attached hydrogens (tertiary/aromatic N) is 3. The minimum Gasteiger partial charge on any atom is -0.336 e. The number of nitrogens with one attached hydrogen (secondary N) is 1. The second kappa shape index (κ2) is 5.22. The minimum atomic E-state index is -0.468. The Morgan fingerprint density at radius 2 is 2.00 bits per heavy atom. The average Bonchev–Trinajstić information content (AvgIpc) is 2.37. The van der Waals surface area contributed by atoms with Gasteiger partial charge in [-0.05, 0) is 6.07 Å². The van der Waals surface area contributed by atoms with Crippen molar-refractivity contribution in [2.45, 2.75) is 6.04 Å². The third-order valence-corrected chi connectivity index (χ3v) is 3.83. The lowest BCUT2D eigenvalue weighted by Gasteiger charge is -2.43. The van der Waals surface area contributed by atoms with Gasteiger partial charge in [0.05, 0.1) is 11.8 Å². The number of carbonyl (C=O) groups excluding carboxylic acids is 1. The highest BCUT2D eigenvalue weighted by Gasteiger charge is 2.29. The molecule has 0 spiro atoms. The van der Waals surface area contributed by atoms with Gasteiger partial charge >= 0.3 is 0 Å². The normalized spacial score (nSPS) is 21.2. The number of amides is 1. The molecule has 1 aromatic heterocycles. The molecule has 0 bridgehead atoms.